The van der Waals surface area contributed by atoms with E-state index in [2.05, 4.69) is 20.7 Å². The third-order valence-corrected chi connectivity index (χ3v) is 6.05. The molecule has 19 heavy (non-hydrogen) atoms. The number of halogens is 2. The topological polar surface area (TPSA) is 46.2 Å². The van der Waals surface area contributed by atoms with Crippen molar-refractivity contribution >= 4 is 48.9 Å². The maximum Gasteiger partial charge on any atom is 0.240 e. The normalized spacial score (nSPS) is 11.7. The number of nitrogens with one attached hydrogen (secondary N) is 1. The van der Waals surface area contributed by atoms with E-state index < -0.39 is 10.0 Å². The molecule has 0 radical (unpaired) electrons. The van der Waals surface area contributed by atoms with Crippen LogP contribution in [0.2, 0.25) is 5.02 Å². The van der Waals surface area contributed by atoms with Gasteiger partial charge in [-0.2, -0.15) is 0 Å². The van der Waals surface area contributed by atoms with Gasteiger partial charge in [0.25, 0.3) is 0 Å². The zero-order valence-corrected chi connectivity index (χ0v) is 13.7. The van der Waals surface area contributed by atoms with E-state index in [4.69, 9.17) is 11.6 Å². The van der Waals surface area contributed by atoms with Gasteiger partial charge in [0.05, 0.1) is 9.92 Å². The van der Waals surface area contributed by atoms with Crippen molar-refractivity contribution in [1.29, 1.82) is 0 Å². The molecule has 102 valence electrons. The van der Waals surface area contributed by atoms with E-state index in [-0.39, 0.29) is 4.90 Å². The lowest BCUT2D eigenvalue weighted by molar-refractivity contribution is 0.582. The Hall–Kier alpha value is -0.400. The summed E-state index contributed by atoms with van der Waals surface area (Å²) in [6.45, 7) is 0.378. The number of sulfonamides is 1. The maximum atomic E-state index is 12.1. The Morgan fingerprint density at radius 3 is 2.74 bits per heavy atom. The van der Waals surface area contributed by atoms with Crippen LogP contribution in [0.4, 0.5) is 0 Å². The smallest absolute Gasteiger partial charge is 0.211 e. The van der Waals surface area contributed by atoms with Crippen molar-refractivity contribution in [2.45, 2.75) is 11.3 Å². The predicted octanol–water partition coefficient (Wildman–Crippen LogP) is 3.69. The number of hydrogen-bond donors (Lipinski definition) is 1. The summed E-state index contributed by atoms with van der Waals surface area (Å²) in [4.78, 5) is 1.36. The van der Waals surface area contributed by atoms with Gasteiger partial charge in [-0.1, -0.05) is 17.7 Å². The minimum Gasteiger partial charge on any atom is -0.211 e. The average Bonchev–Trinajstić information content (AvgIpc) is 2.85. The largest absolute Gasteiger partial charge is 0.240 e. The summed E-state index contributed by atoms with van der Waals surface area (Å²) in [5, 5.41) is 2.46. The van der Waals surface area contributed by atoms with E-state index in [0.29, 0.717) is 22.5 Å². The summed E-state index contributed by atoms with van der Waals surface area (Å²) in [5.74, 6) is 0. The molecule has 0 aliphatic rings. The van der Waals surface area contributed by atoms with Crippen molar-refractivity contribution in [2.24, 2.45) is 0 Å². The van der Waals surface area contributed by atoms with Gasteiger partial charge >= 0.3 is 0 Å². The molecule has 0 bridgehead atoms. The van der Waals surface area contributed by atoms with Gasteiger partial charge in [-0.3, -0.25) is 0 Å². The van der Waals surface area contributed by atoms with E-state index in [1.165, 1.54) is 12.1 Å². The number of thiophene rings is 1. The Morgan fingerprint density at radius 2 is 2.11 bits per heavy atom. The van der Waals surface area contributed by atoms with Crippen LogP contribution in [-0.2, 0) is 16.4 Å². The van der Waals surface area contributed by atoms with E-state index >= 15 is 0 Å². The predicted molar refractivity (Wildman–Crippen MR) is 82.4 cm³/mol. The zero-order chi connectivity index (χ0) is 13.9. The van der Waals surface area contributed by atoms with Crippen LogP contribution >= 0.6 is 38.9 Å². The molecule has 2 aromatic rings. The fourth-order valence-electron chi connectivity index (χ4n) is 1.49. The summed E-state index contributed by atoms with van der Waals surface area (Å²) >= 11 is 10.7. The highest BCUT2D eigenvalue weighted by atomic mass is 79.9. The molecule has 0 unspecified atom stereocenters. The molecule has 7 heteroatoms. The van der Waals surface area contributed by atoms with Gasteiger partial charge in [-0.15, -0.1) is 11.3 Å². The van der Waals surface area contributed by atoms with Crippen molar-refractivity contribution in [2.75, 3.05) is 6.54 Å². The molecular formula is C12H11BrClNO2S2. The van der Waals surface area contributed by atoms with Crippen LogP contribution in [0.5, 0.6) is 0 Å². The second-order valence-electron chi connectivity index (χ2n) is 3.80. The lowest BCUT2D eigenvalue weighted by atomic mass is 10.3. The minimum absolute atomic E-state index is 0.204. The monoisotopic (exact) mass is 379 g/mol. The molecular weight excluding hydrogens is 370 g/mol. The summed E-state index contributed by atoms with van der Waals surface area (Å²) in [7, 11) is -3.49. The van der Waals surface area contributed by atoms with E-state index in [9.17, 15) is 8.42 Å². The molecule has 1 aromatic carbocycles. The van der Waals surface area contributed by atoms with Gasteiger partial charge in [0.2, 0.25) is 10.0 Å². The number of benzene rings is 1. The van der Waals surface area contributed by atoms with Crippen molar-refractivity contribution in [3.05, 3.63) is 50.1 Å². The first kappa shape index (κ1) is 15.0. The zero-order valence-electron chi connectivity index (χ0n) is 9.77. The second kappa shape index (κ2) is 6.37. The summed E-state index contributed by atoms with van der Waals surface area (Å²) in [6.07, 6.45) is 0.686. The van der Waals surface area contributed by atoms with Crippen molar-refractivity contribution in [3.8, 4) is 0 Å². The van der Waals surface area contributed by atoms with Gasteiger partial charge < -0.3 is 0 Å². The van der Waals surface area contributed by atoms with E-state index in [1.807, 2.05) is 17.5 Å². The number of rotatable bonds is 5. The van der Waals surface area contributed by atoms with Gasteiger partial charge in [-0.05, 0) is 52.0 Å². The molecule has 1 heterocycles. The van der Waals surface area contributed by atoms with Crippen LogP contribution in [0.15, 0.2) is 45.1 Å². The molecule has 0 fully saturated rings. The highest BCUT2D eigenvalue weighted by Crippen LogP contribution is 2.25. The fourth-order valence-corrected chi connectivity index (χ4v) is 3.91. The molecule has 0 spiro atoms. The van der Waals surface area contributed by atoms with Gasteiger partial charge in [0, 0.05) is 15.9 Å². The molecule has 0 saturated heterocycles. The van der Waals surface area contributed by atoms with Crippen LogP contribution < -0.4 is 4.72 Å². The molecule has 1 N–H and O–H groups in total. The van der Waals surface area contributed by atoms with Gasteiger partial charge in [0.1, 0.15) is 0 Å². The van der Waals surface area contributed by atoms with E-state index in [1.54, 1.807) is 17.4 Å². The van der Waals surface area contributed by atoms with Crippen molar-refractivity contribution < 1.29 is 8.42 Å². The summed E-state index contributed by atoms with van der Waals surface area (Å²) < 4.78 is 27.2. The standard InChI is InChI=1S/C12H11BrClNO2S2/c13-11-8-10(3-4-12(11)14)19(16,17)15-6-5-9-2-1-7-18-9/h1-4,7-8,15H,5-6H2. The van der Waals surface area contributed by atoms with Gasteiger partial charge in [-0.25, -0.2) is 13.1 Å². The Labute approximate surface area is 129 Å². The maximum absolute atomic E-state index is 12.1. The lowest BCUT2D eigenvalue weighted by Gasteiger charge is -2.07. The molecule has 0 saturated carbocycles. The fraction of sp³-hybridized carbons (Fsp3) is 0.167. The van der Waals surface area contributed by atoms with Crippen LogP contribution in [0.1, 0.15) is 4.88 Å². The lowest BCUT2D eigenvalue weighted by Crippen LogP contribution is -2.25. The highest BCUT2D eigenvalue weighted by Gasteiger charge is 2.14. The molecule has 2 rings (SSSR count). The second-order valence-corrected chi connectivity index (χ2v) is 7.86. The Kier molecular flexibility index (Phi) is 5.03. The Balaban J connectivity index is 2.03. The first-order chi connectivity index (χ1) is 8.99. The SMILES string of the molecule is O=S(=O)(NCCc1cccs1)c1ccc(Cl)c(Br)c1. The third-order valence-electron chi connectivity index (χ3n) is 2.44. The van der Waals surface area contributed by atoms with Crippen LogP contribution in [0.3, 0.4) is 0 Å². The Bertz CT molecular complexity index is 656. The van der Waals surface area contributed by atoms with Crippen LogP contribution in [0.25, 0.3) is 0 Å². The molecule has 0 atom stereocenters. The molecule has 3 nitrogen and oxygen atoms in total. The van der Waals surface area contributed by atoms with Gasteiger partial charge in [0.15, 0.2) is 0 Å². The van der Waals surface area contributed by atoms with Crippen molar-refractivity contribution in [3.63, 3.8) is 0 Å². The molecule has 0 aliphatic heterocycles. The van der Waals surface area contributed by atoms with Crippen molar-refractivity contribution in [1.82, 2.24) is 4.72 Å². The molecule has 0 aliphatic carbocycles. The quantitative estimate of drug-likeness (QED) is 0.860. The average molecular weight is 381 g/mol. The first-order valence-electron chi connectivity index (χ1n) is 5.46. The van der Waals surface area contributed by atoms with E-state index in [0.717, 1.165) is 4.88 Å². The molecule has 0 amide bonds. The third kappa shape index (κ3) is 4.03. The highest BCUT2D eigenvalue weighted by molar-refractivity contribution is 9.10. The first-order valence-corrected chi connectivity index (χ1v) is 8.99. The molecule has 1 aromatic heterocycles. The van der Waals surface area contributed by atoms with Crippen LogP contribution in [0, 0.1) is 0 Å². The minimum atomic E-state index is -3.49. The summed E-state index contributed by atoms with van der Waals surface area (Å²) in [5.41, 5.74) is 0. The number of hydrogen-bond acceptors (Lipinski definition) is 3. The summed E-state index contributed by atoms with van der Waals surface area (Å²) in [6, 6.07) is 8.47. The Morgan fingerprint density at radius 1 is 1.32 bits per heavy atom. The van der Waals surface area contributed by atoms with Crippen LogP contribution in [-0.4, -0.2) is 15.0 Å².